The Kier molecular flexibility index (Phi) is 5.95. The molecule has 0 aliphatic heterocycles. The summed E-state index contributed by atoms with van der Waals surface area (Å²) in [6.07, 6.45) is 0.625. The van der Waals surface area contributed by atoms with Crippen LogP contribution in [0.15, 0.2) is 42.5 Å². The maximum atomic E-state index is 11.9. The fourth-order valence-corrected chi connectivity index (χ4v) is 2.46. The van der Waals surface area contributed by atoms with Gasteiger partial charge in [-0.05, 0) is 61.2 Å². The molecular weight excluding hydrogens is 304 g/mol. The molecule has 0 aliphatic rings. The number of hydrogen-bond acceptors (Lipinski definition) is 3. The van der Waals surface area contributed by atoms with E-state index in [9.17, 15) is 9.59 Å². The van der Waals surface area contributed by atoms with Crippen LogP contribution in [-0.4, -0.2) is 25.5 Å². The normalized spacial score (nSPS) is 10.1. The molecule has 0 bridgehead atoms. The summed E-state index contributed by atoms with van der Waals surface area (Å²) in [7, 11) is 1.61. The third kappa shape index (κ3) is 5.12. The highest BCUT2D eigenvalue weighted by Gasteiger charge is 2.13. The van der Waals surface area contributed by atoms with Crippen molar-refractivity contribution in [2.45, 2.75) is 20.3 Å². The Hall–Kier alpha value is -2.82. The van der Waals surface area contributed by atoms with E-state index in [2.05, 4.69) is 10.6 Å². The Balaban J connectivity index is 1.84. The predicted molar refractivity (Wildman–Crippen MR) is 94.3 cm³/mol. The summed E-state index contributed by atoms with van der Waals surface area (Å²) in [6.45, 7) is 4.26. The molecule has 5 nitrogen and oxygen atoms in total. The largest absolute Gasteiger partial charge is 0.497 e. The molecule has 0 unspecified atom stereocenters. The highest BCUT2D eigenvalue weighted by atomic mass is 16.5. The first-order valence-corrected chi connectivity index (χ1v) is 7.78. The van der Waals surface area contributed by atoms with Gasteiger partial charge in [0.25, 0.3) is 0 Å². The molecule has 0 radical (unpaired) electrons. The first-order chi connectivity index (χ1) is 11.5. The highest BCUT2D eigenvalue weighted by Crippen LogP contribution is 2.14. The lowest BCUT2D eigenvalue weighted by atomic mass is 10.1. The van der Waals surface area contributed by atoms with E-state index in [1.165, 1.54) is 0 Å². The van der Waals surface area contributed by atoms with E-state index in [1.54, 1.807) is 7.11 Å². The van der Waals surface area contributed by atoms with Gasteiger partial charge < -0.3 is 15.4 Å². The number of nitrogens with one attached hydrogen (secondary N) is 2. The summed E-state index contributed by atoms with van der Waals surface area (Å²) in [4.78, 5) is 23.8. The van der Waals surface area contributed by atoms with Crippen molar-refractivity contribution in [1.29, 1.82) is 0 Å². The maximum Gasteiger partial charge on any atom is 0.313 e. The number of benzene rings is 2. The standard InChI is InChI=1S/C19H22N2O3/c1-13-9-14(2)11-16(10-13)21-19(23)18(22)20-8-7-15-5-4-6-17(12-15)24-3/h4-6,9-12H,7-8H2,1-3H3,(H,20,22)(H,21,23). The molecule has 24 heavy (non-hydrogen) atoms. The van der Waals surface area contributed by atoms with Crippen molar-refractivity contribution in [3.63, 3.8) is 0 Å². The number of methoxy groups -OCH3 is 1. The Labute approximate surface area is 142 Å². The van der Waals surface area contributed by atoms with Gasteiger partial charge in [-0.1, -0.05) is 18.2 Å². The molecule has 0 heterocycles. The van der Waals surface area contributed by atoms with E-state index in [0.29, 0.717) is 18.7 Å². The number of carbonyl (C=O) groups is 2. The van der Waals surface area contributed by atoms with Gasteiger partial charge >= 0.3 is 11.8 Å². The van der Waals surface area contributed by atoms with Gasteiger partial charge in [-0.25, -0.2) is 0 Å². The van der Waals surface area contributed by atoms with Gasteiger partial charge in [-0.15, -0.1) is 0 Å². The van der Waals surface area contributed by atoms with Crippen LogP contribution in [0.2, 0.25) is 0 Å². The summed E-state index contributed by atoms with van der Waals surface area (Å²) >= 11 is 0. The van der Waals surface area contributed by atoms with E-state index in [4.69, 9.17) is 4.74 Å². The number of rotatable bonds is 5. The molecular formula is C19H22N2O3. The monoisotopic (exact) mass is 326 g/mol. The molecule has 126 valence electrons. The van der Waals surface area contributed by atoms with Gasteiger partial charge in [-0.3, -0.25) is 9.59 Å². The smallest absolute Gasteiger partial charge is 0.313 e. The van der Waals surface area contributed by atoms with Crippen LogP contribution in [0.1, 0.15) is 16.7 Å². The average Bonchev–Trinajstić information content (AvgIpc) is 2.54. The summed E-state index contributed by atoms with van der Waals surface area (Å²) < 4.78 is 5.15. The molecule has 0 spiro atoms. The lowest BCUT2D eigenvalue weighted by Crippen LogP contribution is -2.36. The summed E-state index contributed by atoms with van der Waals surface area (Å²) in [5.41, 5.74) is 3.72. The molecule has 0 atom stereocenters. The van der Waals surface area contributed by atoms with Gasteiger partial charge in [0.15, 0.2) is 0 Å². The quantitative estimate of drug-likeness (QED) is 0.830. The van der Waals surface area contributed by atoms with Gasteiger partial charge in [0, 0.05) is 12.2 Å². The number of hydrogen-bond donors (Lipinski definition) is 2. The molecule has 0 aromatic heterocycles. The fraction of sp³-hybridized carbons (Fsp3) is 0.263. The Morgan fingerprint density at radius 1 is 1.00 bits per heavy atom. The van der Waals surface area contributed by atoms with E-state index in [1.807, 2.05) is 56.3 Å². The Bertz CT molecular complexity index is 721. The first kappa shape index (κ1) is 17.5. The summed E-state index contributed by atoms with van der Waals surface area (Å²) in [5, 5.41) is 5.25. The zero-order chi connectivity index (χ0) is 17.5. The van der Waals surface area contributed by atoms with Crippen molar-refractivity contribution in [2.24, 2.45) is 0 Å². The molecule has 2 rings (SSSR count). The average molecular weight is 326 g/mol. The molecule has 2 aromatic rings. The van der Waals surface area contributed by atoms with Gasteiger partial charge in [0.1, 0.15) is 5.75 Å². The van der Waals surface area contributed by atoms with Crippen molar-refractivity contribution in [1.82, 2.24) is 5.32 Å². The zero-order valence-electron chi connectivity index (χ0n) is 14.2. The number of anilines is 1. The second-order valence-electron chi connectivity index (χ2n) is 5.69. The molecule has 0 aliphatic carbocycles. The molecule has 0 fully saturated rings. The van der Waals surface area contributed by atoms with Crippen LogP contribution in [0.25, 0.3) is 0 Å². The minimum absolute atomic E-state index is 0.381. The van der Waals surface area contributed by atoms with Crippen LogP contribution in [0, 0.1) is 13.8 Å². The maximum absolute atomic E-state index is 11.9. The summed E-state index contributed by atoms with van der Waals surface area (Å²) in [5.74, 6) is -0.533. The summed E-state index contributed by atoms with van der Waals surface area (Å²) in [6, 6.07) is 13.3. The fourth-order valence-electron chi connectivity index (χ4n) is 2.46. The van der Waals surface area contributed by atoms with E-state index in [-0.39, 0.29) is 0 Å². The molecule has 2 amide bonds. The second kappa shape index (κ2) is 8.15. The number of carbonyl (C=O) groups excluding carboxylic acids is 2. The third-order valence-corrected chi connectivity index (χ3v) is 3.52. The lowest BCUT2D eigenvalue weighted by molar-refractivity contribution is -0.136. The Morgan fingerprint density at radius 3 is 2.38 bits per heavy atom. The third-order valence-electron chi connectivity index (χ3n) is 3.52. The van der Waals surface area contributed by atoms with E-state index < -0.39 is 11.8 Å². The topological polar surface area (TPSA) is 67.4 Å². The van der Waals surface area contributed by atoms with Crippen molar-refractivity contribution in [2.75, 3.05) is 19.0 Å². The van der Waals surface area contributed by atoms with Crippen molar-refractivity contribution >= 4 is 17.5 Å². The van der Waals surface area contributed by atoms with Crippen LogP contribution in [0.5, 0.6) is 5.75 Å². The van der Waals surface area contributed by atoms with Gasteiger partial charge in [0.2, 0.25) is 0 Å². The van der Waals surface area contributed by atoms with Crippen LogP contribution in [0.4, 0.5) is 5.69 Å². The molecule has 2 aromatic carbocycles. The molecule has 5 heteroatoms. The van der Waals surface area contributed by atoms with Gasteiger partial charge in [-0.2, -0.15) is 0 Å². The number of ether oxygens (including phenoxy) is 1. The molecule has 2 N–H and O–H groups in total. The minimum atomic E-state index is -0.661. The van der Waals surface area contributed by atoms with Crippen LogP contribution in [0.3, 0.4) is 0 Å². The van der Waals surface area contributed by atoms with Crippen LogP contribution < -0.4 is 15.4 Å². The van der Waals surface area contributed by atoms with Gasteiger partial charge in [0.05, 0.1) is 7.11 Å². The van der Waals surface area contributed by atoms with Crippen molar-refractivity contribution in [3.8, 4) is 5.75 Å². The Morgan fingerprint density at radius 2 is 1.71 bits per heavy atom. The second-order valence-corrected chi connectivity index (χ2v) is 5.69. The lowest BCUT2D eigenvalue weighted by Gasteiger charge is -2.09. The number of aryl methyl sites for hydroxylation is 2. The number of amides is 2. The van der Waals surface area contributed by atoms with E-state index >= 15 is 0 Å². The highest BCUT2D eigenvalue weighted by molar-refractivity contribution is 6.39. The molecule has 0 saturated carbocycles. The van der Waals surface area contributed by atoms with E-state index in [0.717, 1.165) is 22.4 Å². The zero-order valence-corrected chi connectivity index (χ0v) is 14.2. The SMILES string of the molecule is COc1cccc(CCNC(=O)C(=O)Nc2cc(C)cc(C)c2)c1. The first-order valence-electron chi connectivity index (χ1n) is 7.78. The predicted octanol–water partition coefficient (Wildman–Crippen LogP) is 2.61. The van der Waals surface area contributed by atoms with Crippen molar-refractivity contribution < 1.29 is 14.3 Å². The molecule has 0 saturated heterocycles. The van der Waals surface area contributed by atoms with Crippen LogP contribution in [-0.2, 0) is 16.0 Å². The van der Waals surface area contributed by atoms with Crippen LogP contribution >= 0.6 is 0 Å². The minimum Gasteiger partial charge on any atom is -0.497 e. The van der Waals surface area contributed by atoms with Crippen molar-refractivity contribution in [3.05, 3.63) is 59.2 Å².